The lowest BCUT2D eigenvalue weighted by Crippen LogP contribution is -2.35. The summed E-state index contributed by atoms with van der Waals surface area (Å²) >= 11 is 0. The second-order valence-electron chi connectivity index (χ2n) is 6.74. The molecule has 0 spiro atoms. The number of hydrogen-bond donors (Lipinski definition) is 1. The van der Waals surface area contributed by atoms with Gasteiger partial charge < -0.3 is 14.8 Å². The number of aromatic nitrogens is 1. The van der Waals surface area contributed by atoms with E-state index in [0.29, 0.717) is 13.2 Å². The number of hydrogen-bond acceptors (Lipinski definition) is 4. The lowest BCUT2D eigenvalue weighted by Gasteiger charge is -2.22. The Morgan fingerprint density at radius 3 is 2.43 bits per heavy atom. The third-order valence-electron chi connectivity index (χ3n) is 3.01. The minimum atomic E-state index is 0.0648. The Bertz CT molecular complexity index is 451. The van der Waals surface area contributed by atoms with Crippen LogP contribution in [0.4, 0.5) is 0 Å². The molecule has 0 atom stereocenters. The van der Waals surface area contributed by atoms with Crippen LogP contribution in [-0.2, 0) is 11.3 Å². The van der Waals surface area contributed by atoms with Gasteiger partial charge in [-0.05, 0) is 60.1 Å². The fourth-order valence-electron chi connectivity index (χ4n) is 1.94. The quantitative estimate of drug-likeness (QED) is 0.783. The van der Waals surface area contributed by atoms with Crippen molar-refractivity contribution in [2.45, 2.75) is 66.7 Å². The SMILES string of the molecule is Cc1cc(C)c(CNC(C)(C)C)c(OCCOC(C)C)n1. The second kappa shape index (κ2) is 7.76. The average Bonchev–Trinajstić information content (AvgIpc) is 2.31. The Morgan fingerprint density at radius 1 is 1.19 bits per heavy atom. The van der Waals surface area contributed by atoms with Crippen LogP contribution in [-0.4, -0.2) is 29.8 Å². The predicted octanol–water partition coefficient (Wildman–Crippen LogP) is 3.39. The molecule has 1 heterocycles. The summed E-state index contributed by atoms with van der Waals surface area (Å²) in [6, 6.07) is 2.09. The highest BCUT2D eigenvalue weighted by Crippen LogP contribution is 2.21. The molecule has 4 nitrogen and oxygen atoms in total. The van der Waals surface area contributed by atoms with Crippen molar-refractivity contribution in [3.63, 3.8) is 0 Å². The van der Waals surface area contributed by atoms with E-state index in [-0.39, 0.29) is 11.6 Å². The molecule has 1 rings (SSSR count). The highest BCUT2D eigenvalue weighted by molar-refractivity contribution is 5.36. The van der Waals surface area contributed by atoms with Gasteiger partial charge in [0, 0.05) is 23.3 Å². The van der Waals surface area contributed by atoms with E-state index in [1.165, 1.54) is 5.56 Å². The first-order valence-electron chi connectivity index (χ1n) is 7.65. The van der Waals surface area contributed by atoms with Crippen molar-refractivity contribution >= 4 is 0 Å². The van der Waals surface area contributed by atoms with Crippen LogP contribution < -0.4 is 10.1 Å². The number of rotatable bonds is 7. The zero-order valence-corrected chi connectivity index (χ0v) is 14.5. The first kappa shape index (κ1) is 17.9. The van der Waals surface area contributed by atoms with Gasteiger partial charge >= 0.3 is 0 Å². The van der Waals surface area contributed by atoms with Crippen LogP contribution in [0.5, 0.6) is 5.88 Å². The van der Waals surface area contributed by atoms with Gasteiger partial charge in [-0.2, -0.15) is 0 Å². The first-order valence-corrected chi connectivity index (χ1v) is 7.65. The summed E-state index contributed by atoms with van der Waals surface area (Å²) in [4.78, 5) is 4.53. The van der Waals surface area contributed by atoms with Gasteiger partial charge in [0.05, 0.1) is 12.7 Å². The Hall–Kier alpha value is -1.13. The molecule has 0 radical (unpaired) electrons. The highest BCUT2D eigenvalue weighted by atomic mass is 16.5. The first-order chi connectivity index (χ1) is 9.69. The molecule has 0 bridgehead atoms. The maximum absolute atomic E-state index is 5.84. The summed E-state index contributed by atoms with van der Waals surface area (Å²) in [5.41, 5.74) is 3.38. The van der Waals surface area contributed by atoms with E-state index in [2.05, 4.69) is 44.1 Å². The van der Waals surface area contributed by atoms with Crippen molar-refractivity contribution in [3.8, 4) is 5.88 Å². The van der Waals surface area contributed by atoms with Crippen molar-refractivity contribution in [1.29, 1.82) is 0 Å². The van der Waals surface area contributed by atoms with E-state index in [4.69, 9.17) is 9.47 Å². The topological polar surface area (TPSA) is 43.4 Å². The fraction of sp³-hybridized carbons (Fsp3) is 0.706. The summed E-state index contributed by atoms with van der Waals surface area (Å²) in [5, 5.41) is 3.50. The van der Waals surface area contributed by atoms with Crippen molar-refractivity contribution in [2.24, 2.45) is 0 Å². The summed E-state index contributed by atoms with van der Waals surface area (Å²) < 4.78 is 11.3. The lowest BCUT2D eigenvalue weighted by atomic mass is 10.1. The molecule has 120 valence electrons. The molecule has 0 amide bonds. The maximum atomic E-state index is 5.84. The molecule has 0 saturated carbocycles. The van der Waals surface area contributed by atoms with Crippen LogP contribution in [0.1, 0.15) is 51.4 Å². The minimum Gasteiger partial charge on any atom is -0.475 e. The van der Waals surface area contributed by atoms with E-state index < -0.39 is 0 Å². The summed E-state index contributed by atoms with van der Waals surface area (Å²) in [6.07, 6.45) is 0.225. The van der Waals surface area contributed by atoms with Gasteiger partial charge in [-0.15, -0.1) is 0 Å². The number of aryl methyl sites for hydroxylation is 2. The summed E-state index contributed by atoms with van der Waals surface area (Å²) in [6.45, 7) is 16.5. The molecule has 0 aliphatic heterocycles. The number of nitrogens with one attached hydrogen (secondary N) is 1. The minimum absolute atomic E-state index is 0.0648. The molecule has 0 aliphatic rings. The van der Waals surface area contributed by atoms with Gasteiger partial charge in [0.1, 0.15) is 6.61 Å². The van der Waals surface area contributed by atoms with Crippen molar-refractivity contribution in [3.05, 3.63) is 22.9 Å². The smallest absolute Gasteiger partial charge is 0.218 e. The van der Waals surface area contributed by atoms with Crippen LogP contribution in [0.2, 0.25) is 0 Å². The number of pyridine rings is 1. The van der Waals surface area contributed by atoms with Gasteiger partial charge in [0.25, 0.3) is 0 Å². The number of ether oxygens (including phenoxy) is 2. The molecule has 0 aliphatic carbocycles. The Morgan fingerprint density at radius 2 is 1.86 bits per heavy atom. The van der Waals surface area contributed by atoms with Gasteiger partial charge in [0.15, 0.2) is 0 Å². The van der Waals surface area contributed by atoms with Crippen molar-refractivity contribution < 1.29 is 9.47 Å². The highest BCUT2D eigenvalue weighted by Gasteiger charge is 2.14. The third-order valence-corrected chi connectivity index (χ3v) is 3.01. The zero-order valence-electron chi connectivity index (χ0n) is 14.5. The molecule has 0 fully saturated rings. The van der Waals surface area contributed by atoms with E-state index >= 15 is 0 Å². The Balaban J connectivity index is 2.75. The molecule has 1 aromatic rings. The van der Waals surface area contributed by atoms with Crippen molar-refractivity contribution in [2.75, 3.05) is 13.2 Å². The van der Waals surface area contributed by atoms with Crippen LogP contribution in [0.15, 0.2) is 6.07 Å². The normalized spacial score (nSPS) is 12.0. The average molecular weight is 294 g/mol. The molecule has 0 unspecified atom stereocenters. The van der Waals surface area contributed by atoms with Crippen LogP contribution in [0.25, 0.3) is 0 Å². The molecule has 1 N–H and O–H groups in total. The Kier molecular flexibility index (Phi) is 6.62. The zero-order chi connectivity index (χ0) is 16.0. The van der Waals surface area contributed by atoms with Crippen molar-refractivity contribution in [1.82, 2.24) is 10.3 Å². The maximum Gasteiger partial charge on any atom is 0.218 e. The molecule has 4 heteroatoms. The van der Waals surface area contributed by atoms with Gasteiger partial charge in [-0.25, -0.2) is 4.98 Å². The van der Waals surface area contributed by atoms with E-state index in [1.807, 2.05) is 20.8 Å². The van der Waals surface area contributed by atoms with Gasteiger partial charge in [-0.3, -0.25) is 0 Å². The molecular formula is C17H30N2O2. The largest absolute Gasteiger partial charge is 0.475 e. The predicted molar refractivity (Wildman–Crippen MR) is 86.9 cm³/mol. The molecule has 0 aromatic carbocycles. The molecule has 1 aromatic heterocycles. The second-order valence-corrected chi connectivity index (χ2v) is 6.74. The van der Waals surface area contributed by atoms with Gasteiger partial charge in [0.2, 0.25) is 5.88 Å². The van der Waals surface area contributed by atoms with Crippen LogP contribution in [0, 0.1) is 13.8 Å². The van der Waals surface area contributed by atoms with Gasteiger partial charge in [-0.1, -0.05) is 0 Å². The van der Waals surface area contributed by atoms with Crippen LogP contribution >= 0.6 is 0 Å². The lowest BCUT2D eigenvalue weighted by molar-refractivity contribution is 0.0539. The molecule has 21 heavy (non-hydrogen) atoms. The standard InChI is InChI=1S/C17H30N2O2/c1-12(2)20-8-9-21-16-15(11-18-17(5,6)7)13(3)10-14(4)19-16/h10,12,18H,8-9,11H2,1-7H3. The van der Waals surface area contributed by atoms with E-state index in [0.717, 1.165) is 23.7 Å². The van der Waals surface area contributed by atoms with E-state index in [9.17, 15) is 0 Å². The third kappa shape index (κ3) is 6.91. The summed E-state index contributed by atoms with van der Waals surface area (Å²) in [7, 11) is 0. The number of nitrogens with zero attached hydrogens (tertiary/aromatic N) is 1. The monoisotopic (exact) mass is 294 g/mol. The molecule has 0 saturated heterocycles. The fourth-order valence-corrected chi connectivity index (χ4v) is 1.94. The van der Waals surface area contributed by atoms with Crippen LogP contribution in [0.3, 0.4) is 0 Å². The molecular weight excluding hydrogens is 264 g/mol. The Labute approximate surface area is 129 Å². The van der Waals surface area contributed by atoms with E-state index in [1.54, 1.807) is 0 Å². The summed E-state index contributed by atoms with van der Waals surface area (Å²) in [5.74, 6) is 0.719.